The maximum atomic E-state index is 6.09. The molecule has 19 heavy (non-hydrogen) atoms. The van der Waals surface area contributed by atoms with Crippen LogP contribution in [0, 0.1) is 13.8 Å². The lowest BCUT2D eigenvalue weighted by atomic mass is 10.1. The van der Waals surface area contributed by atoms with Gasteiger partial charge in [-0.15, -0.1) is 0 Å². The van der Waals surface area contributed by atoms with E-state index in [-0.39, 0.29) is 0 Å². The van der Waals surface area contributed by atoms with Gasteiger partial charge < -0.3 is 10.3 Å². The molecular weight excluding hydrogens is 234 g/mol. The van der Waals surface area contributed by atoms with Crippen molar-refractivity contribution in [2.24, 2.45) is 7.05 Å². The zero-order valence-electron chi connectivity index (χ0n) is 11.4. The summed E-state index contributed by atoms with van der Waals surface area (Å²) >= 11 is 0. The molecule has 3 aromatic rings. The Bertz CT molecular complexity index is 769. The first-order chi connectivity index (χ1) is 9.06. The standard InChI is InChI=1S/C16H17N3/c1-10-4-6-13(17)12(8-10)16-18-14-9-11(2)5-7-15(14)19(16)3/h4-9H,17H2,1-3H3. The number of hydrogen-bond acceptors (Lipinski definition) is 2. The Balaban J connectivity index is 2.30. The molecule has 0 spiro atoms. The summed E-state index contributed by atoms with van der Waals surface area (Å²) in [6, 6.07) is 12.4. The lowest BCUT2D eigenvalue weighted by Crippen LogP contribution is -1.97. The minimum absolute atomic E-state index is 0.765. The monoisotopic (exact) mass is 251 g/mol. The first kappa shape index (κ1) is 11.8. The summed E-state index contributed by atoms with van der Waals surface area (Å²) in [4.78, 5) is 4.73. The average molecular weight is 251 g/mol. The van der Waals surface area contributed by atoms with Crippen LogP contribution in [0.5, 0.6) is 0 Å². The third kappa shape index (κ3) is 1.87. The quantitative estimate of drug-likeness (QED) is 0.673. The fraction of sp³-hybridized carbons (Fsp3) is 0.188. The molecule has 0 unspecified atom stereocenters. The lowest BCUT2D eigenvalue weighted by molar-refractivity contribution is 0.959. The largest absolute Gasteiger partial charge is 0.398 e. The predicted octanol–water partition coefficient (Wildman–Crippen LogP) is 3.44. The number of anilines is 1. The lowest BCUT2D eigenvalue weighted by Gasteiger charge is -2.07. The van der Waals surface area contributed by atoms with Gasteiger partial charge in [-0.25, -0.2) is 4.98 Å². The molecule has 2 N–H and O–H groups in total. The molecule has 3 heteroatoms. The zero-order valence-corrected chi connectivity index (χ0v) is 11.4. The average Bonchev–Trinajstić information content (AvgIpc) is 2.69. The van der Waals surface area contributed by atoms with Crippen LogP contribution in [-0.4, -0.2) is 9.55 Å². The van der Waals surface area contributed by atoms with Gasteiger partial charge in [-0.05, 0) is 43.7 Å². The van der Waals surface area contributed by atoms with Crippen LogP contribution in [0.4, 0.5) is 5.69 Å². The maximum absolute atomic E-state index is 6.09. The number of fused-ring (bicyclic) bond motifs is 1. The number of hydrogen-bond donors (Lipinski definition) is 1. The van der Waals surface area contributed by atoms with Crippen molar-refractivity contribution >= 4 is 16.7 Å². The van der Waals surface area contributed by atoms with E-state index in [2.05, 4.69) is 42.7 Å². The Morgan fingerprint density at radius 2 is 1.68 bits per heavy atom. The van der Waals surface area contributed by atoms with E-state index in [1.807, 2.05) is 19.2 Å². The molecule has 1 heterocycles. The molecule has 96 valence electrons. The molecule has 0 saturated heterocycles. The van der Waals surface area contributed by atoms with E-state index in [0.29, 0.717) is 0 Å². The van der Waals surface area contributed by atoms with Crippen molar-refractivity contribution in [2.45, 2.75) is 13.8 Å². The summed E-state index contributed by atoms with van der Waals surface area (Å²) in [7, 11) is 2.03. The van der Waals surface area contributed by atoms with Gasteiger partial charge >= 0.3 is 0 Å². The molecule has 0 aliphatic rings. The predicted molar refractivity (Wildman–Crippen MR) is 80.0 cm³/mol. The van der Waals surface area contributed by atoms with Gasteiger partial charge in [0.15, 0.2) is 0 Å². The van der Waals surface area contributed by atoms with Gasteiger partial charge in [0.05, 0.1) is 11.0 Å². The Kier molecular flexibility index (Phi) is 2.56. The number of aromatic nitrogens is 2. The number of nitrogens with zero attached hydrogens (tertiary/aromatic N) is 2. The van der Waals surface area contributed by atoms with Crippen molar-refractivity contribution in [3.8, 4) is 11.4 Å². The Hall–Kier alpha value is -2.29. The van der Waals surface area contributed by atoms with Gasteiger partial charge in [-0.1, -0.05) is 17.7 Å². The van der Waals surface area contributed by atoms with Crippen molar-refractivity contribution in [3.05, 3.63) is 47.5 Å². The van der Waals surface area contributed by atoms with Gasteiger partial charge in [-0.2, -0.15) is 0 Å². The molecule has 0 aliphatic carbocycles. The highest BCUT2D eigenvalue weighted by Gasteiger charge is 2.12. The van der Waals surface area contributed by atoms with Gasteiger partial charge in [0.2, 0.25) is 0 Å². The van der Waals surface area contributed by atoms with E-state index in [0.717, 1.165) is 28.1 Å². The summed E-state index contributed by atoms with van der Waals surface area (Å²) in [5.41, 5.74) is 12.4. The molecule has 0 saturated carbocycles. The van der Waals surface area contributed by atoms with E-state index in [1.165, 1.54) is 11.1 Å². The molecule has 3 rings (SSSR count). The minimum atomic E-state index is 0.765. The van der Waals surface area contributed by atoms with Crippen LogP contribution >= 0.6 is 0 Å². The van der Waals surface area contributed by atoms with E-state index in [9.17, 15) is 0 Å². The first-order valence-electron chi connectivity index (χ1n) is 6.36. The molecular formula is C16H17N3. The smallest absolute Gasteiger partial charge is 0.142 e. The second kappa shape index (κ2) is 4.12. The number of benzene rings is 2. The molecule has 0 bridgehead atoms. The van der Waals surface area contributed by atoms with E-state index < -0.39 is 0 Å². The fourth-order valence-electron chi connectivity index (χ4n) is 2.41. The van der Waals surface area contributed by atoms with Crippen LogP contribution < -0.4 is 5.73 Å². The van der Waals surface area contributed by atoms with Gasteiger partial charge in [0.1, 0.15) is 5.82 Å². The molecule has 0 aliphatic heterocycles. The van der Waals surface area contributed by atoms with Gasteiger partial charge in [0, 0.05) is 18.3 Å². The summed E-state index contributed by atoms with van der Waals surface area (Å²) in [6.45, 7) is 4.14. The molecule has 1 aromatic heterocycles. The van der Waals surface area contributed by atoms with Crippen molar-refractivity contribution in [2.75, 3.05) is 5.73 Å². The number of imidazole rings is 1. The maximum Gasteiger partial charge on any atom is 0.142 e. The van der Waals surface area contributed by atoms with Crippen LogP contribution in [-0.2, 0) is 7.05 Å². The second-order valence-corrected chi connectivity index (χ2v) is 5.08. The highest BCUT2D eigenvalue weighted by molar-refractivity contribution is 5.84. The summed E-state index contributed by atoms with van der Waals surface area (Å²) in [6.07, 6.45) is 0. The van der Waals surface area contributed by atoms with E-state index >= 15 is 0 Å². The third-order valence-corrected chi connectivity index (χ3v) is 3.49. The van der Waals surface area contributed by atoms with Crippen LogP contribution in [0.3, 0.4) is 0 Å². The highest BCUT2D eigenvalue weighted by Crippen LogP contribution is 2.29. The number of nitrogens with two attached hydrogens (primary N) is 1. The molecule has 0 atom stereocenters. The Morgan fingerprint density at radius 3 is 2.47 bits per heavy atom. The van der Waals surface area contributed by atoms with Crippen molar-refractivity contribution in [1.82, 2.24) is 9.55 Å². The van der Waals surface area contributed by atoms with Crippen molar-refractivity contribution < 1.29 is 0 Å². The zero-order chi connectivity index (χ0) is 13.6. The second-order valence-electron chi connectivity index (χ2n) is 5.08. The molecule has 0 amide bonds. The topological polar surface area (TPSA) is 43.8 Å². The number of aryl methyl sites for hydroxylation is 3. The summed E-state index contributed by atoms with van der Waals surface area (Å²) < 4.78 is 2.10. The van der Waals surface area contributed by atoms with Crippen LogP contribution in [0.15, 0.2) is 36.4 Å². The minimum Gasteiger partial charge on any atom is -0.398 e. The normalized spacial score (nSPS) is 11.1. The Morgan fingerprint density at radius 1 is 1.00 bits per heavy atom. The molecule has 0 radical (unpaired) electrons. The summed E-state index contributed by atoms with van der Waals surface area (Å²) in [5.74, 6) is 0.918. The van der Waals surface area contributed by atoms with Gasteiger partial charge in [0.25, 0.3) is 0 Å². The Labute approximate surface area is 112 Å². The molecule has 2 aromatic carbocycles. The third-order valence-electron chi connectivity index (χ3n) is 3.49. The highest BCUT2D eigenvalue weighted by atomic mass is 15.1. The number of nitrogen functional groups attached to an aromatic ring is 1. The SMILES string of the molecule is Cc1ccc(N)c(-c2nc3cc(C)ccc3n2C)c1. The van der Waals surface area contributed by atoms with E-state index in [1.54, 1.807) is 0 Å². The molecule has 0 fully saturated rings. The van der Waals surface area contributed by atoms with Crippen LogP contribution in [0.25, 0.3) is 22.4 Å². The van der Waals surface area contributed by atoms with E-state index in [4.69, 9.17) is 10.7 Å². The first-order valence-corrected chi connectivity index (χ1v) is 6.36. The van der Waals surface area contributed by atoms with Crippen LogP contribution in [0.1, 0.15) is 11.1 Å². The summed E-state index contributed by atoms with van der Waals surface area (Å²) in [5, 5.41) is 0. The number of rotatable bonds is 1. The van der Waals surface area contributed by atoms with Crippen LogP contribution in [0.2, 0.25) is 0 Å². The molecule has 3 nitrogen and oxygen atoms in total. The van der Waals surface area contributed by atoms with Crippen molar-refractivity contribution in [3.63, 3.8) is 0 Å². The van der Waals surface area contributed by atoms with Crippen molar-refractivity contribution in [1.29, 1.82) is 0 Å². The fourth-order valence-corrected chi connectivity index (χ4v) is 2.41. The van der Waals surface area contributed by atoms with Gasteiger partial charge in [-0.3, -0.25) is 0 Å².